The Hall–Kier alpha value is -8.64. The predicted molar refractivity (Wildman–Crippen MR) is 479 cm³/mol. The molecule has 6 N–H and O–H groups in total. The number of carbonyl (C=O) groups excluding carboxylic acids is 4. The first-order chi connectivity index (χ1) is 58.6. The van der Waals surface area contributed by atoms with Crippen LogP contribution in [0.5, 0.6) is 0 Å². The number of nitrogens with one attached hydrogen (secondary N) is 6. The molecule has 24 heteroatoms. The van der Waals surface area contributed by atoms with Crippen LogP contribution < -0.4 is 31.9 Å². The van der Waals surface area contributed by atoms with Gasteiger partial charge in [0.25, 0.3) is 0 Å². The van der Waals surface area contributed by atoms with Crippen molar-refractivity contribution in [3.63, 3.8) is 0 Å². The maximum absolute atomic E-state index is 13.9. The van der Waals surface area contributed by atoms with Crippen LogP contribution in [0.15, 0.2) is 171 Å². The van der Waals surface area contributed by atoms with Gasteiger partial charge < -0.3 is 50.8 Å². The summed E-state index contributed by atoms with van der Waals surface area (Å²) >= 11 is 25.8. The minimum Gasteiger partial charge on any atom is -0.385 e. The highest BCUT2D eigenvalue weighted by Gasteiger charge is 2.33. The molecule has 7 fully saturated rings. The number of carbonyl (C=O) groups is 4. The number of piperidine rings is 1. The Labute approximate surface area is 725 Å². The molecule has 1 saturated carbocycles. The lowest BCUT2D eigenvalue weighted by Crippen LogP contribution is -2.35. The second kappa shape index (κ2) is 46.0. The summed E-state index contributed by atoms with van der Waals surface area (Å²) in [4.78, 5) is 71.6. The average molecular weight is 1710 g/mol. The number of rotatable bonds is 28. The number of hydrogen-bond acceptors (Lipinski definition) is 19. The summed E-state index contributed by atoms with van der Waals surface area (Å²) in [5.74, 6) is 2.37. The van der Waals surface area contributed by atoms with Gasteiger partial charge in [-0.05, 0) is 221 Å². The molecule has 0 amide bonds. The van der Waals surface area contributed by atoms with E-state index in [2.05, 4.69) is 118 Å². The molecule has 6 saturated heterocycles. The van der Waals surface area contributed by atoms with Gasteiger partial charge in [-0.25, -0.2) is 4.39 Å². The van der Waals surface area contributed by atoms with Crippen molar-refractivity contribution in [1.82, 2.24) is 35.6 Å². The van der Waals surface area contributed by atoms with E-state index in [0.717, 1.165) is 221 Å². The lowest BCUT2D eigenvalue weighted by Gasteiger charge is -2.29. The number of ketones is 4. The highest BCUT2D eigenvalue weighted by molar-refractivity contribution is 6.34. The zero-order valence-corrected chi connectivity index (χ0v) is 71.6. The fourth-order valence-corrected chi connectivity index (χ4v) is 17.5. The molecular formula is C96H112Cl4FN11O8. The molecule has 7 aliphatic rings. The van der Waals surface area contributed by atoms with Crippen LogP contribution in [0.3, 0.4) is 0 Å². The number of ether oxygens (including phenoxy) is 4. The van der Waals surface area contributed by atoms with Crippen molar-refractivity contribution in [2.45, 2.75) is 147 Å². The molecule has 0 unspecified atom stereocenters. The second-order valence-electron chi connectivity index (χ2n) is 32.7. The second-order valence-corrected chi connectivity index (χ2v) is 34.3. The Morgan fingerprint density at radius 2 is 0.883 bits per heavy atom. The van der Waals surface area contributed by atoms with E-state index in [-0.39, 0.29) is 61.0 Å². The molecule has 1 aliphatic carbocycles. The highest BCUT2D eigenvalue weighted by atomic mass is 35.5. The lowest BCUT2D eigenvalue weighted by molar-refractivity contribution is -0.127. The molecule has 11 heterocycles. The minimum atomic E-state index is -1.12. The van der Waals surface area contributed by atoms with E-state index >= 15 is 0 Å². The molecular weight excluding hydrogens is 1600 g/mol. The van der Waals surface area contributed by atoms with Gasteiger partial charge in [0, 0.05) is 221 Å². The molecule has 634 valence electrons. The topological polar surface area (TPSA) is 242 Å². The number of anilines is 4. The van der Waals surface area contributed by atoms with Gasteiger partial charge in [-0.2, -0.15) is 0 Å². The summed E-state index contributed by atoms with van der Waals surface area (Å²) in [6.45, 7) is 13.2. The van der Waals surface area contributed by atoms with Gasteiger partial charge in [-0.1, -0.05) is 114 Å². The molecule has 5 atom stereocenters. The zero-order valence-electron chi connectivity index (χ0n) is 68.6. The van der Waals surface area contributed by atoms with Gasteiger partial charge in [0.2, 0.25) is 0 Å². The number of benzene rings is 4. The number of alkyl halides is 1. The van der Waals surface area contributed by atoms with Crippen LogP contribution in [0.25, 0.3) is 44.5 Å². The number of hydrogen-bond donors (Lipinski definition) is 6. The van der Waals surface area contributed by atoms with Crippen LogP contribution in [-0.2, 0) is 59.0 Å². The molecule has 0 spiro atoms. The van der Waals surface area contributed by atoms with Crippen molar-refractivity contribution >= 4 is 92.3 Å². The molecule has 6 aliphatic heterocycles. The van der Waals surface area contributed by atoms with Crippen LogP contribution >= 0.6 is 46.4 Å². The molecule has 5 aromatic heterocycles. The van der Waals surface area contributed by atoms with Crippen LogP contribution in [0.4, 0.5) is 27.1 Å². The van der Waals surface area contributed by atoms with Crippen molar-refractivity contribution in [1.29, 1.82) is 0 Å². The normalized spacial score (nSPS) is 19.4. The van der Waals surface area contributed by atoms with Crippen molar-refractivity contribution in [3.05, 3.63) is 219 Å². The van der Waals surface area contributed by atoms with Crippen molar-refractivity contribution in [2.75, 3.05) is 113 Å². The van der Waals surface area contributed by atoms with Crippen LogP contribution in [0, 0.1) is 35.5 Å². The van der Waals surface area contributed by atoms with Crippen LogP contribution in [-0.4, -0.2) is 158 Å². The number of halogens is 5. The smallest absolute Gasteiger partial charge is 0.170 e. The summed E-state index contributed by atoms with van der Waals surface area (Å²) in [5.41, 5.74) is 15.2. The van der Waals surface area contributed by atoms with Crippen molar-refractivity contribution in [2.24, 2.45) is 35.5 Å². The van der Waals surface area contributed by atoms with E-state index < -0.39 is 12.1 Å². The SMILES string of the molecule is C[C@@H](Nc1cccc(-c2cc(CC(=O)[C@@H]3CCCNC3)ncc2Cl)c1)C1CCCCC1.O=C(Cc1cc(-c2cccc(NCC3CCOCC3)c2)c(Cl)cn1)[C@H]1CCCO1.O=C(Cc1cc(-c2cccc(NCC3CCOCC3)c2)c(Cl)cn1)[C@H]1CNC[C@H]1F.O=C(Cc1cc(-c2cccc(NCC3CCOCC3)c2)c(Cl)cn1)c1cccnc1. The largest absolute Gasteiger partial charge is 0.385 e. The number of aromatic nitrogens is 5. The first-order valence-corrected chi connectivity index (χ1v) is 44.5. The standard InChI is InChI=1S/C26H34ClN3O.C24H24ClN3O2.C23H27ClFN3O2.C23H27ClN2O3/c1-18(19-7-3-2-4-8-19)30-22-11-5-9-20(13-22)24-14-23(29-17-25(24)27)15-26(31)21-10-6-12-28-16-21;25-23-16-28-21(13-24(29)19-4-2-8-26-15-19)12-22(23)18-3-1-5-20(11-18)27-14-17-6-9-30-10-7-17;24-21-13-28-18(10-23(29)20-12-26-14-22(20)25)9-19(21)16-2-1-3-17(8-16)27-11-15-4-6-30-7-5-15;24-21-15-26-19(13-22(27)23-5-2-8-29-23)12-20(21)17-3-1-4-18(11-17)25-14-16-6-9-28-10-7-16/h5,9,11,13-14,17-19,21,28,30H,2-4,6-8,10,12,15-16H2,1H3;1-5,8,11-12,15-17,27H,6-7,9-10,13-14H2;1-3,8-9,13,15,20,22,26-27H,4-7,10-12,14H2;1,3-4,11-12,15-16,23,25H,2,5-10,13-14H2/t18-,21-;;20-,22+;23-/m1.01/s1. The van der Waals surface area contributed by atoms with E-state index in [1.165, 1.54) is 32.1 Å². The zero-order chi connectivity index (χ0) is 83.4. The lowest BCUT2D eigenvalue weighted by atomic mass is 9.84. The molecule has 9 aromatic rings. The Balaban J connectivity index is 0.000000138. The van der Waals surface area contributed by atoms with E-state index in [4.69, 9.17) is 65.4 Å². The summed E-state index contributed by atoms with van der Waals surface area (Å²) in [6.07, 6.45) is 26.3. The monoisotopic (exact) mass is 1710 g/mol. The first kappa shape index (κ1) is 89.1. The fraction of sp³-hybridized carbons (Fsp3) is 0.448. The summed E-state index contributed by atoms with van der Waals surface area (Å²) in [6, 6.07) is 44.6. The van der Waals surface area contributed by atoms with E-state index in [1.54, 1.807) is 49.3 Å². The van der Waals surface area contributed by atoms with Gasteiger partial charge in [0.15, 0.2) is 11.6 Å². The minimum absolute atomic E-state index is 0.0178. The quantitative estimate of drug-likeness (QED) is 0.0250. The Morgan fingerprint density at radius 1 is 0.442 bits per heavy atom. The van der Waals surface area contributed by atoms with Crippen molar-refractivity contribution in [3.8, 4) is 44.5 Å². The van der Waals surface area contributed by atoms with Gasteiger partial charge >= 0.3 is 0 Å². The third kappa shape index (κ3) is 26.7. The molecule has 120 heavy (non-hydrogen) atoms. The molecule has 16 rings (SSSR count). The summed E-state index contributed by atoms with van der Waals surface area (Å²) < 4.78 is 35.6. The molecule has 0 radical (unpaired) electrons. The first-order valence-electron chi connectivity index (χ1n) is 43.0. The van der Waals surface area contributed by atoms with Crippen LogP contribution in [0.2, 0.25) is 20.1 Å². The third-order valence-corrected chi connectivity index (χ3v) is 25.1. The van der Waals surface area contributed by atoms with E-state index in [9.17, 15) is 23.6 Å². The van der Waals surface area contributed by atoms with Crippen molar-refractivity contribution < 1.29 is 42.5 Å². The number of Topliss-reactive ketones (excluding diaryl/α,β-unsaturated/α-hetero) is 4. The Kier molecular flexibility index (Phi) is 34.2. The summed E-state index contributed by atoms with van der Waals surface area (Å²) in [7, 11) is 0. The Morgan fingerprint density at radius 3 is 1.30 bits per heavy atom. The van der Waals surface area contributed by atoms with Gasteiger partial charge in [0.05, 0.1) is 38.9 Å². The van der Waals surface area contributed by atoms with Gasteiger partial charge in [-0.3, -0.25) is 44.1 Å². The average Bonchev–Trinajstić information content (AvgIpc) is 1.15. The third-order valence-electron chi connectivity index (χ3n) is 23.9. The maximum atomic E-state index is 13.9. The molecule has 0 bridgehead atoms. The Bertz CT molecular complexity index is 4820. The maximum Gasteiger partial charge on any atom is 0.170 e. The van der Waals surface area contributed by atoms with Gasteiger partial charge in [-0.15, -0.1) is 0 Å². The number of nitrogens with zero attached hydrogens (tertiary/aromatic N) is 5. The molecule has 4 aromatic carbocycles. The predicted octanol–water partition coefficient (Wildman–Crippen LogP) is 19.4. The highest BCUT2D eigenvalue weighted by Crippen LogP contribution is 2.37. The summed E-state index contributed by atoms with van der Waals surface area (Å²) in [5, 5.41) is 22.8. The van der Waals surface area contributed by atoms with E-state index in [1.807, 2.05) is 66.7 Å². The molecule has 19 nitrogen and oxygen atoms in total. The van der Waals surface area contributed by atoms with Gasteiger partial charge in [0.1, 0.15) is 23.8 Å². The number of pyridine rings is 5. The van der Waals surface area contributed by atoms with E-state index in [0.29, 0.717) is 80.4 Å². The van der Waals surface area contributed by atoms with Crippen LogP contribution in [0.1, 0.15) is 136 Å². The fourth-order valence-electron chi connectivity index (χ4n) is 16.7.